The first-order chi connectivity index (χ1) is 14.5. The van der Waals surface area contributed by atoms with Crippen LogP contribution in [0.15, 0.2) is 27.4 Å². The third-order valence-corrected chi connectivity index (χ3v) is 4.86. The van der Waals surface area contributed by atoms with Gasteiger partial charge in [0.25, 0.3) is 0 Å². The molecule has 0 amide bonds. The molecule has 0 aliphatic carbocycles. The maximum atomic E-state index is 12.2. The molecule has 2 rings (SSSR count). The molecule has 7 nitrogen and oxygen atoms in total. The highest BCUT2D eigenvalue weighted by atomic mass is 16.5. The van der Waals surface area contributed by atoms with Crippen LogP contribution in [0.3, 0.4) is 0 Å². The van der Waals surface area contributed by atoms with E-state index < -0.39 is 11.6 Å². The largest absolute Gasteiger partial charge is 0.504 e. The van der Waals surface area contributed by atoms with Crippen LogP contribution in [-0.2, 0) is 4.79 Å². The van der Waals surface area contributed by atoms with Crippen molar-refractivity contribution in [2.45, 2.75) is 71.1 Å². The zero-order valence-corrected chi connectivity index (χ0v) is 17.7. The summed E-state index contributed by atoms with van der Waals surface area (Å²) in [5, 5.41) is 19.4. The lowest BCUT2D eigenvalue weighted by Crippen LogP contribution is -2.08. The van der Waals surface area contributed by atoms with Crippen LogP contribution in [0.1, 0.15) is 71.1 Å². The van der Waals surface area contributed by atoms with Crippen LogP contribution in [0.5, 0.6) is 17.2 Å². The highest BCUT2D eigenvalue weighted by Gasteiger charge is 2.16. The van der Waals surface area contributed by atoms with Crippen LogP contribution in [-0.4, -0.2) is 29.4 Å². The zero-order valence-electron chi connectivity index (χ0n) is 17.7. The quantitative estimate of drug-likeness (QED) is 0.299. The third kappa shape index (κ3) is 7.61. The average molecular weight is 421 g/mol. The number of carbonyl (C=O) groups is 1. The molecule has 0 saturated heterocycles. The van der Waals surface area contributed by atoms with E-state index in [9.17, 15) is 14.7 Å². The van der Waals surface area contributed by atoms with Gasteiger partial charge in [-0.2, -0.15) is 0 Å². The van der Waals surface area contributed by atoms with E-state index in [1.54, 1.807) is 18.2 Å². The van der Waals surface area contributed by atoms with Crippen LogP contribution in [0, 0.1) is 0 Å². The summed E-state index contributed by atoms with van der Waals surface area (Å²) >= 11 is 0. The van der Waals surface area contributed by atoms with Crippen LogP contribution in [0.2, 0.25) is 0 Å². The van der Waals surface area contributed by atoms with Crippen molar-refractivity contribution in [3.63, 3.8) is 0 Å². The predicted molar refractivity (Wildman–Crippen MR) is 115 cm³/mol. The fourth-order valence-electron chi connectivity index (χ4n) is 3.17. The van der Waals surface area contributed by atoms with Crippen LogP contribution in [0.4, 0.5) is 0 Å². The molecule has 2 aromatic rings. The number of rotatable bonds is 15. The summed E-state index contributed by atoms with van der Waals surface area (Å²) in [6, 6.07) is 4.88. The lowest BCUT2D eigenvalue weighted by Gasteiger charge is -2.10. The van der Waals surface area contributed by atoms with Gasteiger partial charge >= 0.3 is 11.6 Å². The standard InChI is InChI=1S/C23H32O7/c1-2-3-4-5-6-9-15-29-22-21(26)18-13-12-17(16-19(18)30-23(22)27)28-14-10-7-8-11-20(24)25/h12-13,16,26H,2-11,14-15H2,1H3,(H,24,25). The van der Waals surface area contributed by atoms with Gasteiger partial charge in [-0.15, -0.1) is 0 Å². The van der Waals surface area contributed by atoms with Crippen LogP contribution in [0.25, 0.3) is 11.0 Å². The van der Waals surface area contributed by atoms with E-state index in [4.69, 9.17) is 19.0 Å². The SMILES string of the molecule is CCCCCCCCOc1c(O)c2ccc(OCCCCCC(=O)O)cc2oc1=O. The van der Waals surface area contributed by atoms with Gasteiger partial charge in [-0.1, -0.05) is 39.0 Å². The van der Waals surface area contributed by atoms with Crippen LogP contribution >= 0.6 is 0 Å². The fraction of sp³-hybridized carbons (Fsp3) is 0.565. The topological polar surface area (TPSA) is 106 Å². The Morgan fingerprint density at radius 3 is 2.37 bits per heavy atom. The first-order valence-corrected chi connectivity index (χ1v) is 10.8. The summed E-state index contributed by atoms with van der Waals surface area (Å²) < 4.78 is 16.4. The van der Waals surface area contributed by atoms with Gasteiger partial charge in [-0.25, -0.2) is 4.79 Å². The number of aliphatic carboxylic acids is 1. The van der Waals surface area contributed by atoms with Crippen molar-refractivity contribution in [1.82, 2.24) is 0 Å². The Labute approximate surface area is 176 Å². The molecule has 1 aromatic carbocycles. The molecule has 0 bridgehead atoms. The maximum Gasteiger partial charge on any atom is 0.383 e. The Morgan fingerprint density at radius 1 is 0.967 bits per heavy atom. The number of ether oxygens (including phenoxy) is 2. The van der Waals surface area contributed by atoms with E-state index in [-0.39, 0.29) is 23.5 Å². The lowest BCUT2D eigenvalue weighted by atomic mass is 10.1. The van der Waals surface area contributed by atoms with Gasteiger partial charge in [0.2, 0.25) is 5.75 Å². The summed E-state index contributed by atoms with van der Waals surface area (Å²) in [6.07, 6.45) is 8.86. The number of carboxylic acids is 1. The first-order valence-electron chi connectivity index (χ1n) is 10.8. The summed E-state index contributed by atoms with van der Waals surface area (Å²) in [5.41, 5.74) is -0.482. The number of carboxylic acid groups (broad SMARTS) is 1. The minimum atomic E-state index is -0.796. The second-order valence-electron chi connectivity index (χ2n) is 7.39. The number of unbranched alkanes of at least 4 members (excludes halogenated alkanes) is 7. The number of benzene rings is 1. The second-order valence-corrected chi connectivity index (χ2v) is 7.39. The van der Waals surface area contributed by atoms with Gasteiger partial charge in [0.05, 0.1) is 18.6 Å². The number of fused-ring (bicyclic) bond motifs is 1. The van der Waals surface area contributed by atoms with Crippen molar-refractivity contribution < 1.29 is 28.9 Å². The van der Waals surface area contributed by atoms with E-state index in [2.05, 4.69) is 6.92 Å². The Kier molecular flexibility index (Phi) is 10.0. The highest BCUT2D eigenvalue weighted by Crippen LogP contribution is 2.33. The Morgan fingerprint density at radius 2 is 1.63 bits per heavy atom. The van der Waals surface area contributed by atoms with Gasteiger partial charge in [0, 0.05) is 12.5 Å². The van der Waals surface area contributed by atoms with Gasteiger partial charge in [-0.05, 0) is 37.8 Å². The van der Waals surface area contributed by atoms with Gasteiger partial charge in [0.1, 0.15) is 11.3 Å². The van der Waals surface area contributed by atoms with Crippen molar-refractivity contribution in [2.24, 2.45) is 0 Å². The molecule has 7 heteroatoms. The summed E-state index contributed by atoms with van der Waals surface area (Å²) in [7, 11) is 0. The van der Waals surface area contributed by atoms with E-state index in [1.165, 1.54) is 19.3 Å². The average Bonchev–Trinajstić information content (AvgIpc) is 2.71. The molecule has 0 spiro atoms. The Hall–Kier alpha value is -2.70. The van der Waals surface area contributed by atoms with Gasteiger partial charge in [0.15, 0.2) is 5.75 Å². The van der Waals surface area contributed by atoms with Crippen molar-refractivity contribution in [2.75, 3.05) is 13.2 Å². The minimum Gasteiger partial charge on any atom is -0.504 e. The normalized spacial score (nSPS) is 11.0. The Bertz CT molecular complexity index is 856. The molecule has 0 aliphatic heterocycles. The summed E-state index contributed by atoms with van der Waals surface area (Å²) in [4.78, 5) is 22.7. The highest BCUT2D eigenvalue weighted by molar-refractivity contribution is 5.86. The molecule has 0 saturated carbocycles. The molecule has 30 heavy (non-hydrogen) atoms. The van der Waals surface area contributed by atoms with Crippen molar-refractivity contribution >= 4 is 16.9 Å². The number of hydrogen-bond donors (Lipinski definition) is 2. The molecular formula is C23H32O7. The van der Waals surface area contributed by atoms with E-state index in [1.807, 2.05) is 0 Å². The molecule has 166 valence electrons. The molecule has 0 fully saturated rings. The molecule has 2 N–H and O–H groups in total. The van der Waals surface area contributed by atoms with Crippen LogP contribution < -0.4 is 15.1 Å². The minimum absolute atomic E-state index is 0.150. The lowest BCUT2D eigenvalue weighted by molar-refractivity contribution is -0.137. The van der Waals surface area contributed by atoms with E-state index in [0.29, 0.717) is 30.8 Å². The number of aromatic hydroxyl groups is 1. The zero-order chi connectivity index (χ0) is 21.8. The second kappa shape index (κ2) is 12.8. The molecule has 1 aromatic heterocycles. The molecule has 1 heterocycles. The summed E-state index contributed by atoms with van der Waals surface area (Å²) in [5.74, 6) is -0.643. The van der Waals surface area contributed by atoms with E-state index >= 15 is 0 Å². The smallest absolute Gasteiger partial charge is 0.383 e. The number of hydrogen-bond acceptors (Lipinski definition) is 6. The molecule has 0 unspecified atom stereocenters. The van der Waals surface area contributed by atoms with Crippen molar-refractivity contribution in [3.05, 3.63) is 28.6 Å². The van der Waals surface area contributed by atoms with Gasteiger partial charge in [-0.3, -0.25) is 4.79 Å². The van der Waals surface area contributed by atoms with Gasteiger partial charge < -0.3 is 24.1 Å². The Balaban J connectivity index is 1.88. The van der Waals surface area contributed by atoms with Crippen molar-refractivity contribution in [3.8, 4) is 17.2 Å². The summed E-state index contributed by atoms with van der Waals surface area (Å²) in [6.45, 7) is 2.96. The fourth-order valence-corrected chi connectivity index (χ4v) is 3.17. The third-order valence-electron chi connectivity index (χ3n) is 4.86. The molecule has 0 radical (unpaired) electrons. The molecule has 0 aliphatic rings. The molecule has 0 atom stereocenters. The maximum absolute atomic E-state index is 12.2. The monoisotopic (exact) mass is 420 g/mol. The first kappa shape index (κ1) is 23.6. The van der Waals surface area contributed by atoms with E-state index in [0.717, 1.165) is 32.1 Å². The van der Waals surface area contributed by atoms with Crippen molar-refractivity contribution in [1.29, 1.82) is 0 Å². The predicted octanol–water partition coefficient (Wildman–Crippen LogP) is 5.26. The molecular weight excluding hydrogens is 388 g/mol.